The molecule has 98 valence electrons. The van der Waals surface area contributed by atoms with Gasteiger partial charge < -0.3 is 11.1 Å². The zero-order valence-corrected chi connectivity index (χ0v) is 12.3. The summed E-state index contributed by atoms with van der Waals surface area (Å²) < 4.78 is 0. The first kappa shape index (κ1) is 13.8. The van der Waals surface area contributed by atoms with Crippen LogP contribution in [0.5, 0.6) is 0 Å². The van der Waals surface area contributed by atoms with Crippen molar-refractivity contribution in [2.24, 2.45) is 5.73 Å². The fraction of sp³-hybridized carbons (Fsp3) is 0.143. The number of aromatic nitrogens is 1. The largest absolute Gasteiger partial charge is 0.389 e. The van der Waals surface area contributed by atoms with Gasteiger partial charge in [-0.25, -0.2) is 4.98 Å². The molecule has 0 aliphatic rings. The van der Waals surface area contributed by atoms with Gasteiger partial charge in [0, 0.05) is 11.3 Å². The predicted molar refractivity (Wildman–Crippen MR) is 84.3 cm³/mol. The molecule has 2 rings (SSSR count). The van der Waals surface area contributed by atoms with E-state index >= 15 is 0 Å². The Balaban J connectivity index is 2.35. The number of aryl methyl sites for hydroxylation is 2. The lowest BCUT2D eigenvalue weighted by Crippen LogP contribution is -2.10. The van der Waals surface area contributed by atoms with Crippen molar-refractivity contribution in [3.05, 3.63) is 52.2 Å². The zero-order chi connectivity index (χ0) is 14.0. The van der Waals surface area contributed by atoms with Crippen molar-refractivity contribution >= 4 is 40.3 Å². The van der Waals surface area contributed by atoms with Gasteiger partial charge in [0.05, 0.1) is 10.7 Å². The second-order valence-electron chi connectivity index (χ2n) is 4.35. The van der Waals surface area contributed by atoms with Gasteiger partial charge in [-0.05, 0) is 43.7 Å². The number of hydrogen-bond donors (Lipinski definition) is 2. The maximum absolute atomic E-state index is 6.18. The van der Waals surface area contributed by atoms with E-state index in [0.29, 0.717) is 15.8 Å². The standard InChI is InChI=1S/C14H14ClN3S/c1-8-3-4-12(11(15)5-8)18-13-7-10(14(16)19)6-9(2)17-13/h3-7H,1-2H3,(H2,16,19)(H,17,18). The van der Waals surface area contributed by atoms with E-state index in [0.717, 1.165) is 22.5 Å². The average molecular weight is 292 g/mol. The van der Waals surface area contributed by atoms with E-state index in [1.807, 2.05) is 44.2 Å². The third-order valence-electron chi connectivity index (χ3n) is 2.63. The number of hydrogen-bond acceptors (Lipinski definition) is 3. The van der Waals surface area contributed by atoms with Gasteiger partial charge in [-0.1, -0.05) is 29.9 Å². The van der Waals surface area contributed by atoms with Crippen molar-refractivity contribution in [1.82, 2.24) is 4.98 Å². The molecule has 0 amide bonds. The van der Waals surface area contributed by atoms with Crippen molar-refractivity contribution in [2.75, 3.05) is 5.32 Å². The maximum Gasteiger partial charge on any atom is 0.131 e. The molecule has 0 saturated carbocycles. The van der Waals surface area contributed by atoms with Crippen LogP contribution < -0.4 is 11.1 Å². The quantitative estimate of drug-likeness (QED) is 0.846. The summed E-state index contributed by atoms with van der Waals surface area (Å²) in [4.78, 5) is 4.74. The summed E-state index contributed by atoms with van der Waals surface area (Å²) in [6, 6.07) is 9.46. The number of benzene rings is 1. The number of rotatable bonds is 3. The molecule has 3 N–H and O–H groups in total. The van der Waals surface area contributed by atoms with Crippen molar-refractivity contribution in [3.63, 3.8) is 0 Å². The van der Waals surface area contributed by atoms with Crippen LogP contribution in [0.3, 0.4) is 0 Å². The number of nitrogens with two attached hydrogens (primary N) is 1. The number of nitrogens with zero attached hydrogens (tertiary/aromatic N) is 1. The van der Waals surface area contributed by atoms with E-state index in [1.54, 1.807) is 0 Å². The van der Waals surface area contributed by atoms with Crippen LogP contribution >= 0.6 is 23.8 Å². The summed E-state index contributed by atoms with van der Waals surface area (Å²) in [5.74, 6) is 0.675. The minimum atomic E-state index is 0.351. The molecule has 0 bridgehead atoms. The van der Waals surface area contributed by atoms with Crippen molar-refractivity contribution in [3.8, 4) is 0 Å². The van der Waals surface area contributed by atoms with Crippen LogP contribution in [0.2, 0.25) is 5.02 Å². The van der Waals surface area contributed by atoms with Gasteiger partial charge in [0.1, 0.15) is 10.8 Å². The Hall–Kier alpha value is -1.65. The molecule has 2 aromatic rings. The van der Waals surface area contributed by atoms with Crippen LogP contribution in [-0.4, -0.2) is 9.97 Å². The Labute approximate surface area is 122 Å². The van der Waals surface area contributed by atoms with Crippen molar-refractivity contribution in [1.29, 1.82) is 0 Å². The molecule has 1 aromatic carbocycles. The highest BCUT2D eigenvalue weighted by atomic mass is 35.5. The normalized spacial score (nSPS) is 10.3. The Morgan fingerprint density at radius 1 is 1.26 bits per heavy atom. The highest BCUT2D eigenvalue weighted by molar-refractivity contribution is 7.80. The van der Waals surface area contributed by atoms with E-state index in [1.165, 1.54) is 0 Å². The monoisotopic (exact) mass is 291 g/mol. The minimum absolute atomic E-state index is 0.351. The summed E-state index contributed by atoms with van der Waals surface area (Å²) in [7, 11) is 0. The molecule has 0 spiro atoms. The highest BCUT2D eigenvalue weighted by Gasteiger charge is 2.05. The first-order valence-electron chi connectivity index (χ1n) is 5.77. The van der Waals surface area contributed by atoms with Crippen molar-refractivity contribution in [2.45, 2.75) is 13.8 Å². The molecule has 0 fully saturated rings. The highest BCUT2D eigenvalue weighted by Crippen LogP contribution is 2.26. The van der Waals surface area contributed by atoms with Gasteiger partial charge in [0.25, 0.3) is 0 Å². The molecule has 1 aromatic heterocycles. The second kappa shape index (κ2) is 5.55. The summed E-state index contributed by atoms with van der Waals surface area (Å²) in [6.07, 6.45) is 0. The lowest BCUT2D eigenvalue weighted by atomic mass is 10.2. The summed E-state index contributed by atoms with van der Waals surface area (Å²) >= 11 is 11.2. The number of halogens is 1. The van der Waals surface area contributed by atoms with Gasteiger partial charge >= 0.3 is 0 Å². The molecule has 0 aliphatic heterocycles. The smallest absolute Gasteiger partial charge is 0.131 e. The Bertz CT molecular complexity index is 641. The first-order valence-corrected chi connectivity index (χ1v) is 6.56. The Morgan fingerprint density at radius 2 is 2.00 bits per heavy atom. The molecule has 5 heteroatoms. The summed E-state index contributed by atoms with van der Waals surface area (Å²) in [5, 5.41) is 3.83. The lowest BCUT2D eigenvalue weighted by Gasteiger charge is -2.10. The van der Waals surface area contributed by atoms with Gasteiger partial charge in [-0.2, -0.15) is 0 Å². The van der Waals surface area contributed by atoms with E-state index < -0.39 is 0 Å². The van der Waals surface area contributed by atoms with Crippen LogP contribution in [0.1, 0.15) is 16.8 Å². The average Bonchev–Trinajstić information content (AvgIpc) is 2.32. The van der Waals surface area contributed by atoms with Gasteiger partial charge in [-0.3, -0.25) is 0 Å². The van der Waals surface area contributed by atoms with E-state index in [9.17, 15) is 0 Å². The Morgan fingerprint density at radius 3 is 2.63 bits per heavy atom. The molecule has 0 unspecified atom stereocenters. The molecule has 3 nitrogen and oxygen atoms in total. The number of nitrogens with one attached hydrogen (secondary N) is 1. The fourth-order valence-corrected chi connectivity index (χ4v) is 2.13. The van der Waals surface area contributed by atoms with Gasteiger partial charge in [0.2, 0.25) is 0 Å². The zero-order valence-electron chi connectivity index (χ0n) is 10.7. The van der Waals surface area contributed by atoms with Crippen molar-refractivity contribution < 1.29 is 0 Å². The molecule has 19 heavy (non-hydrogen) atoms. The maximum atomic E-state index is 6.18. The minimum Gasteiger partial charge on any atom is -0.389 e. The first-order chi connectivity index (χ1) is 8.95. The van der Waals surface area contributed by atoms with Crippen LogP contribution in [-0.2, 0) is 0 Å². The summed E-state index contributed by atoms with van der Waals surface area (Å²) in [5.41, 5.74) is 9.19. The fourth-order valence-electron chi connectivity index (χ4n) is 1.73. The Kier molecular flexibility index (Phi) is 4.02. The van der Waals surface area contributed by atoms with Gasteiger partial charge in [0.15, 0.2) is 0 Å². The van der Waals surface area contributed by atoms with E-state index in [4.69, 9.17) is 29.6 Å². The number of pyridine rings is 1. The second-order valence-corrected chi connectivity index (χ2v) is 5.20. The van der Waals surface area contributed by atoms with E-state index in [2.05, 4.69) is 10.3 Å². The molecule has 0 aliphatic carbocycles. The third-order valence-corrected chi connectivity index (χ3v) is 3.17. The molecular weight excluding hydrogens is 278 g/mol. The van der Waals surface area contributed by atoms with Crippen LogP contribution in [0.15, 0.2) is 30.3 Å². The van der Waals surface area contributed by atoms with Gasteiger partial charge in [-0.15, -0.1) is 0 Å². The molecule has 0 atom stereocenters. The molecule has 0 radical (unpaired) electrons. The molecule has 1 heterocycles. The predicted octanol–water partition coefficient (Wildman–Crippen LogP) is 3.73. The third kappa shape index (κ3) is 3.43. The van der Waals surface area contributed by atoms with E-state index in [-0.39, 0.29) is 0 Å². The summed E-state index contributed by atoms with van der Waals surface area (Å²) in [6.45, 7) is 3.88. The van der Waals surface area contributed by atoms with Crippen LogP contribution in [0, 0.1) is 13.8 Å². The molecule has 0 saturated heterocycles. The number of thiocarbonyl (C=S) groups is 1. The lowest BCUT2D eigenvalue weighted by molar-refractivity contribution is 1.19. The number of anilines is 2. The van der Waals surface area contributed by atoms with Crippen LogP contribution in [0.4, 0.5) is 11.5 Å². The van der Waals surface area contributed by atoms with Crippen LogP contribution in [0.25, 0.3) is 0 Å². The SMILES string of the molecule is Cc1ccc(Nc2cc(C(N)=S)cc(C)n2)c(Cl)c1. The topological polar surface area (TPSA) is 50.9 Å². The molecular formula is C14H14ClN3S.